The lowest BCUT2D eigenvalue weighted by molar-refractivity contribution is -0.140. The Morgan fingerprint density at radius 3 is 2.15 bits per heavy atom. The van der Waals surface area contributed by atoms with Gasteiger partial charge in [0, 0.05) is 24.0 Å². The first kappa shape index (κ1) is 36.5. The van der Waals surface area contributed by atoms with E-state index in [9.17, 15) is 18.0 Å². The van der Waals surface area contributed by atoms with Crippen LogP contribution in [0.3, 0.4) is 0 Å². The highest BCUT2D eigenvalue weighted by atomic mass is 79.9. The molecule has 1 atom stereocenters. The second kappa shape index (κ2) is 17.2. The smallest absolute Gasteiger partial charge is 0.264 e. The highest BCUT2D eigenvalue weighted by Crippen LogP contribution is 2.28. The molecule has 0 fully saturated rings. The molecule has 254 valence electrons. The van der Waals surface area contributed by atoms with Crippen molar-refractivity contribution in [2.75, 3.05) is 31.1 Å². The molecular weight excluding hydrogens is 694 g/mol. The van der Waals surface area contributed by atoms with Crippen LogP contribution in [0.25, 0.3) is 0 Å². The van der Waals surface area contributed by atoms with Crippen LogP contribution in [0.4, 0.5) is 5.69 Å². The summed E-state index contributed by atoms with van der Waals surface area (Å²) < 4.78 is 41.3. The number of anilines is 1. The van der Waals surface area contributed by atoms with E-state index in [1.165, 1.54) is 17.0 Å². The number of rotatable bonds is 16. The molecule has 2 amide bonds. The van der Waals surface area contributed by atoms with E-state index >= 15 is 0 Å². The van der Waals surface area contributed by atoms with Crippen molar-refractivity contribution >= 4 is 43.5 Å². The Balaban J connectivity index is 1.81. The molecule has 0 radical (unpaired) electrons. The molecule has 4 aromatic carbocycles. The van der Waals surface area contributed by atoms with E-state index in [4.69, 9.17) is 9.47 Å². The zero-order valence-corrected chi connectivity index (χ0v) is 30.0. The average molecular weight is 737 g/mol. The van der Waals surface area contributed by atoms with Gasteiger partial charge in [0.1, 0.15) is 24.1 Å². The zero-order valence-electron chi connectivity index (χ0n) is 27.6. The number of nitrogens with zero attached hydrogens (tertiary/aromatic N) is 2. The number of benzene rings is 4. The monoisotopic (exact) mass is 735 g/mol. The van der Waals surface area contributed by atoms with Crippen LogP contribution in [0.5, 0.6) is 11.5 Å². The van der Waals surface area contributed by atoms with Gasteiger partial charge < -0.3 is 19.7 Å². The number of carbonyl (C=O) groups excluding carboxylic acids is 2. The van der Waals surface area contributed by atoms with Gasteiger partial charge in [0.25, 0.3) is 10.0 Å². The lowest BCUT2D eigenvalue weighted by atomic mass is 10.0. The lowest BCUT2D eigenvalue weighted by Gasteiger charge is -2.34. The van der Waals surface area contributed by atoms with Gasteiger partial charge in [0.2, 0.25) is 11.8 Å². The number of carbonyl (C=O) groups is 2. The number of methoxy groups -OCH3 is 1. The first-order valence-corrected chi connectivity index (χ1v) is 18.0. The van der Waals surface area contributed by atoms with Crippen LogP contribution in [-0.2, 0) is 32.6 Å². The largest absolute Gasteiger partial charge is 0.497 e. The fraction of sp³-hybridized carbons (Fsp3) is 0.297. The first-order chi connectivity index (χ1) is 23.0. The van der Waals surface area contributed by atoms with Crippen LogP contribution in [0.2, 0.25) is 0 Å². The summed E-state index contributed by atoms with van der Waals surface area (Å²) in [5.41, 5.74) is 1.86. The van der Waals surface area contributed by atoms with Crippen molar-refractivity contribution in [3.8, 4) is 11.5 Å². The second-order valence-corrected chi connectivity index (χ2v) is 14.4. The van der Waals surface area contributed by atoms with Gasteiger partial charge in [-0.3, -0.25) is 13.9 Å². The summed E-state index contributed by atoms with van der Waals surface area (Å²) in [4.78, 5) is 30.1. The molecule has 48 heavy (non-hydrogen) atoms. The molecular formula is C37H42BrN3O6S. The van der Waals surface area contributed by atoms with Gasteiger partial charge in [0.05, 0.1) is 24.3 Å². The number of hydrogen-bond donors (Lipinski definition) is 1. The van der Waals surface area contributed by atoms with Gasteiger partial charge in [-0.2, -0.15) is 0 Å². The third-order valence-corrected chi connectivity index (χ3v) is 9.88. The Bertz CT molecular complexity index is 1750. The Morgan fingerprint density at radius 1 is 0.854 bits per heavy atom. The predicted molar refractivity (Wildman–Crippen MR) is 192 cm³/mol. The van der Waals surface area contributed by atoms with Gasteiger partial charge in [-0.25, -0.2) is 8.42 Å². The highest BCUT2D eigenvalue weighted by Gasteiger charge is 2.34. The van der Waals surface area contributed by atoms with Crippen molar-refractivity contribution < 1.29 is 27.5 Å². The van der Waals surface area contributed by atoms with Crippen LogP contribution in [0, 0.1) is 5.92 Å². The molecule has 0 aliphatic carbocycles. The molecule has 0 aliphatic heterocycles. The molecule has 9 nitrogen and oxygen atoms in total. The molecule has 0 saturated carbocycles. The minimum Gasteiger partial charge on any atom is -0.497 e. The molecule has 1 N–H and O–H groups in total. The summed E-state index contributed by atoms with van der Waals surface area (Å²) in [6.07, 6.45) is 0.225. The Hall–Kier alpha value is -4.35. The van der Waals surface area contributed by atoms with Crippen molar-refractivity contribution in [3.63, 3.8) is 0 Å². The second-order valence-electron chi connectivity index (χ2n) is 11.6. The van der Waals surface area contributed by atoms with Crippen LogP contribution in [0.1, 0.15) is 31.9 Å². The Kier molecular flexibility index (Phi) is 13.0. The summed E-state index contributed by atoms with van der Waals surface area (Å²) >= 11 is 3.37. The molecule has 0 heterocycles. The van der Waals surface area contributed by atoms with E-state index in [0.29, 0.717) is 29.1 Å². The number of hydrogen-bond acceptors (Lipinski definition) is 6. The summed E-state index contributed by atoms with van der Waals surface area (Å²) in [7, 11) is -2.67. The Morgan fingerprint density at radius 2 is 1.52 bits per heavy atom. The summed E-state index contributed by atoms with van der Waals surface area (Å²) in [5.74, 6) is 0.468. The van der Waals surface area contributed by atoms with Crippen molar-refractivity contribution in [1.29, 1.82) is 0 Å². The van der Waals surface area contributed by atoms with Crippen molar-refractivity contribution in [2.24, 2.45) is 5.92 Å². The minimum absolute atomic E-state index is 0.0160. The molecule has 4 rings (SSSR count). The van der Waals surface area contributed by atoms with E-state index in [1.54, 1.807) is 55.6 Å². The maximum Gasteiger partial charge on any atom is 0.264 e. The average Bonchev–Trinajstić information content (AvgIpc) is 3.08. The summed E-state index contributed by atoms with van der Waals surface area (Å²) in [6, 6.07) is 28.5. The highest BCUT2D eigenvalue weighted by molar-refractivity contribution is 9.10. The van der Waals surface area contributed by atoms with E-state index in [2.05, 4.69) is 21.2 Å². The van der Waals surface area contributed by atoms with Gasteiger partial charge in [0.15, 0.2) is 0 Å². The van der Waals surface area contributed by atoms with Gasteiger partial charge >= 0.3 is 0 Å². The molecule has 11 heteroatoms. The SMILES string of the molecule is CCOc1ccc(N(CC(=O)N(Cc2cccc(OC)c2)[C@H](Cc2ccccc2)C(=O)NCC(C)C)S(=O)(=O)c2ccc(Br)cc2)cc1. The molecule has 0 unspecified atom stereocenters. The lowest BCUT2D eigenvalue weighted by Crippen LogP contribution is -2.53. The van der Waals surface area contributed by atoms with E-state index < -0.39 is 28.5 Å². The number of ether oxygens (including phenoxy) is 2. The third kappa shape index (κ3) is 9.84. The topological polar surface area (TPSA) is 105 Å². The van der Waals surface area contributed by atoms with Crippen LogP contribution < -0.4 is 19.1 Å². The fourth-order valence-electron chi connectivity index (χ4n) is 5.08. The predicted octanol–water partition coefficient (Wildman–Crippen LogP) is 6.46. The molecule has 0 spiro atoms. The maximum absolute atomic E-state index is 14.6. The molecule has 4 aromatic rings. The maximum atomic E-state index is 14.6. The standard InChI is InChI=1S/C37H42BrN3O6S/c1-5-47-32-18-16-31(17-19-32)41(48(44,45)34-20-14-30(38)15-21-34)26-36(42)40(25-29-12-9-13-33(22-29)46-4)35(37(43)39-24-27(2)3)23-28-10-7-6-8-11-28/h6-22,27,35H,5,23-26H2,1-4H3,(H,39,43)/t35-/m1/s1. The van der Waals surface area contributed by atoms with Gasteiger partial charge in [-0.1, -0.05) is 72.2 Å². The van der Waals surface area contributed by atoms with E-state index in [1.807, 2.05) is 63.2 Å². The number of amides is 2. The Labute approximate surface area is 292 Å². The van der Waals surface area contributed by atoms with Gasteiger partial charge in [-0.05, 0) is 84.6 Å². The summed E-state index contributed by atoms with van der Waals surface area (Å²) in [6.45, 7) is 6.19. The van der Waals surface area contributed by atoms with E-state index in [-0.39, 0.29) is 35.4 Å². The minimum atomic E-state index is -4.23. The van der Waals surface area contributed by atoms with Crippen LogP contribution >= 0.6 is 15.9 Å². The van der Waals surface area contributed by atoms with Gasteiger partial charge in [-0.15, -0.1) is 0 Å². The summed E-state index contributed by atoms with van der Waals surface area (Å²) in [5, 5.41) is 3.00. The van der Waals surface area contributed by atoms with Crippen LogP contribution in [-0.4, -0.2) is 58.0 Å². The molecule has 0 saturated heterocycles. The number of sulfonamides is 1. The first-order valence-electron chi connectivity index (χ1n) is 15.8. The normalized spacial score (nSPS) is 11.9. The quantitative estimate of drug-likeness (QED) is 0.142. The van der Waals surface area contributed by atoms with Crippen LogP contribution in [0.15, 0.2) is 112 Å². The number of halogens is 1. The third-order valence-electron chi connectivity index (χ3n) is 7.56. The fourth-order valence-corrected chi connectivity index (χ4v) is 6.76. The molecule has 0 aromatic heterocycles. The molecule has 0 bridgehead atoms. The van der Waals surface area contributed by atoms with E-state index in [0.717, 1.165) is 15.4 Å². The van der Waals surface area contributed by atoms with Crippen molar-refractivity contribution in [1.82, 2.24) is 10.2 Å². The van der Waals surface area contributed by atoms with Crippen molar-refractivity contribution in [3.05, 3.63) is 119 Å². The zero-order chi connectivity index (χ0) is 34.7. The number of nitrogens with one attached hydrogen (secondary N) is 1. The van der Waals surface area contributed by atoms with Crippen molar-refractivity contribution in [2.45, 2.75) is 44.7 Å². The molecule has 0 aliphatic rings.